The summed E-state index contributed by atoms with van der Waals surface area (Å²) in [6, 6.07) is 13.5. The summed E-state index contributed by atoms with van der Waals surface area (Å²) >= 11 is 2.14. The third-order valence-electron chi connectivity index (χ3n) is 6.42. The Hall–Kier alpha value is -2.34. The first-order valence-corrected chi connectivity index (χ1v) is 15.0. The predicted octanol–water partition coefficient (Wildman–Crippen LogP) is 3.93. The molecule has 0 aliphatic heterocycles. The second-order valence-electron chi connectivity index (χ2n) is 9.14. The lowest BCUT2D eigenvalue weighted by atomic mass is 9.95. The van der Waals surface area contributed by atoms with Crippen molar-refractivity contribution in [3.8, 4) is 5.75 Å². The van der Waals surface area contributed by atoms with Crippen molar-refractivity contribution in [2.45, 2.75) is 57.7 Å². The summed E-state index contributed by atoms with van der Waals surface area (Å²) < 4.78 is 32.5. The molecule has 0 spiro atoms. The number of hydrogen-bond acceptors (Lipinski definition) is 5. The summed E-state index contributed by atoms with van der Waals surface area (Å²) in [7, 11) is -2.17. The largest absolute Gasteiger partial charge is 0.497 e. The molecule has 1 N–H and O–H groups in total. The van der Waals surface area contributed by atoms with Crippen LogP contribution in [0.25, 0.3) is 0 Å². The number of sulfonamides is 1. The van der Waals surface area contributed by atoms with E-state index < -0.39 is 28.5 Å². The Kier molecular flexibility index (Phi) is 10.0. The van der Waals surface area contributed by atoms with Crippen molar-refractivity contribution in [1.82, 2.24) is 10.2 Å². The first-order chi connectivity index (χ1) is 17.1. The molecule has 0 radical (unpaired) electrons. The minimum atomic E-state index is -3.74. The van der Waals surface area contributed by atoms with Gasteiger partial charge in [-0.3, -0.25) is 13.9 Å². The van der Waals surface area contributed by atoms with Crippen LogP contribution >= 0.6 is 22.6 Å². The highest BCUT2D eigenvalue weighted by atomic mass is 127. The number of hydrogen-bond donors (Lipinski definition) is 1. The molecule has 2 aromatic carbocycles. The normalized spacial score (nSPS) is 15.1. The van der Waals surface area contributed by atoms with Crippen LogP contribution in [0.15, 0.2) is 48.5 Å². The number of nitrogens with one attached hydrogen (secondary N) is 1. The summed E-state index contributed by atoms with van der Waals surface area (Å²) in [6.45, 7) is 1.44. The first-order valence-electron chi connectivity index (χ1n) is 12.0. The maximum atomic E-state index is 13.6. The SMILES string of the molecule is COc1ccc(CN(C(=O)CN(c2ccc(I)cc2)S(C)(=O)=O)C(C)C(=O)NC2CCCCC2)cc1. The Morgan fingerprint density at radius 1 is 1.06 bits per heavy atom. The summed E-state index contributed by atoms with van der Waals surface area (Å²) in [5, 5.41) is 3.09. The Balaban J connectivity index is 1.85. The fourth-order valence-corrected chi connectivity index (χ4v) is 5.51. The number of anilines is 1. The molecule has 1 aliphatic rings. The highest BCUT2D eigenvalue weighted by Crippen LogP contribution is 2.22. The number of halogens is 1. The van der Waals surface area contributed by atoms with E-state index in [4.69, 9.17) is 4.74 Å². The lowest BCUT2D eigenvalue weighted by molar-refractivity contribution is -0.139. The molecular formula is C26H34IN3O5S. The van der Waals surface area contributed by atoms with E-state index in [-0.39, 0.29) is 18.5 Å². The van der Waals surface area contributed by atoms with E-state index in [0.717, 1.165) is 45.4 Å². The molecule has 0 heterocycles. The highest BCUT2D eigenvalue weighted by Gasteiger charge is 2.31. The quantitative estimate of drug-likeness (QED) is 0.403. The van der Waals surface area contributed by atoms with Crippen LogP contribution in [-0.4, -0.2) is 57.1 Å². The monoisotopic (exact) mass is 627 g/mol. The second-order valence-corrected chi connectivity index (χ2v) is 12.3. The average Bonchev–Trinajstić information content (AvgIpc) is 2.86. The summed E-state index contributed by atoms with van der Waals surface area (Å²) in [5.74, 6) is -0.00769. The van der Waals surface area contributed by atoms with Gasteiger partial charge in [0.2, 0.25) is 21.8 Å². The summed E-state index contributed by atoms with van der Waals surface area (Å²) in [6.07, 6.45) is 6.26. The van der Waals surface area contributed by atoms with Crippen molar-refractivity contribution in [3.63, 3.8) is 0 Å². The van der Waals surface area contributed by atoms with E-state index in [0.29, 0.717) is 11.4 Å². The number of nitrogens with zero attached hydrogens (tertiary/aromatic N) is 2. The van der Waals surface area contributed by atoms with Crippen LogP contribution in [0, 0.1) is 3.57 Å². The zero-order chi connectivity index (χ0) is 26.3. The van der Waals surface area contributed by atoms with Crippen LogP contribution < -0.4 is 14.4 Å². The van der Waals surface area contributed by atoms with E-state index in [1.54, 1.807) is 50.4 Å². The smallest absolute Gasteiger partial charge is 0.244 e. The van der Waals surface area contributed by atoms with Crippen molar-refractivity contribution >= 4 is 50.1 Å². The number of rotatable bonds is 10. The molecule has 36 heavy (non-hydrogen) atoms. The summed E-state index contributed by atoms with van der Waals surface area (Å²) in [4.78, 5) is 28.2. The van der Waals surface area contributed by atoms with Crippen molar-refractivity contribution in [2.24, 2.45) is 0 Å². The Morgan fingerprint density at radius 2 is 1.67 bits per heavy atom. The number of methoxy groups -OCH3 is 1. The van der Waals surface area contributed by atoms with Crippen molar-refractivity contribution in [1.29, 1.82) is 0 Å². The predicted molar refractivity (Wildman–Crippen MR) is 149 cm³/mol. The first kappa shape index (κ1) is 28.2. The molecule has 2 amide bonds. The molecular weight excluding hydrogens is 593 g/mol. The minimum Gasteiger partial charge on any atom is -0.497 e. The molecule has 1 atom stereocenters. The molecule has 0 aromatic heterocycles. The molecule has 0 bridgehead atoms. The van der Waals surface area contributed by atoms with Gasteiger partial charge in [0.15, 0.2) is 0 Å². The maximum Gasteiger partial charge on any atom is 0.244 e. The lowest BCUT2D eigenvalue weighted by Gasteiger charge is -2.33. The van der Waals surface area contributed by atoms with Crippen molar-refractivity contribution < 1.29 is 22.7 Å². The van der Waals surface area contributed by atoms with Gasteiger partial charge in [-0.15, -0.1) is 0 Å². The third kappa shape index (κ3) is 7.83. The molecule has 1 unspecified atom stereocenters. The molecule has 1 saturated carbocycles. The van der Waals surface area contributed by atoms with Gasteiger partial charge >= 0.3 is 0 Å². The minimum absolute atomic E-state index is 0.103. The van der Waals surface area contributed by atoms with Crippen LogP contribution in [0.1, 0.15) is 44.6 Å². The van der Waals surface area contributed by atoms with Gasteiger partial charge in [-0.05, 0) is 84.3 Å². The number of ether oxygens (including phenoxy) is 1. The third-order valence-corrected chi connectivity index (χ3v) is 8.28. The zero-order valence-corrected chi connectivity index (χ0v) is 23.9. The molecule has 1 aliphatic carbocycles. The second kappa shape index (κ2) is 12.8. The molecule has 10 heteroatoms. The van der Waals surface area contributed by atoms with Crippen LogP contribution in [0.4, 0.5) is 5.69 Å². The number of carbonyl (C=O) groups excluding carboxylic acids is 2. The van der Waals surface area contributed by atoms with Crippen LogP contribution in [0.3, 0.4) is 0 Å². The van der Waals surface area contributed by atoms with E-state index >= 15 is 0 Å². The van der Waals surface area contributed by atoms with Crippen LogP contribution in [0.5, 0.6) is 5.75 Å². The standard InChI is InChI=1S/C26H34IN3O5S/c1-19(26(32)28-22-7-5-4-6-8-22)29(17-20-9-15-24(35-2)16-10-20)25(31)18-30(36(3,33)34)23-13-11-21(27)12-14-23/h9-16,19,22H,4-8,17-18H2,1-3H3,(H,28,32). The van der Waals surface area contributed by atoms with E-state index in [1.807, 2.05) is 12.1 Å². The summed E-state index contributed by atoms with van der Waals surface area (Å²) in [5.41, 5.74) is 1.21. The van der Waals surface area contributed by atoms with Crippen LogP contribution in [0.2, 0.25) is 0 Å². The average molecular weight is 628 g/mol. The van der Waals surface area contributed by atoms with Gasteiger partial charge in [0, 0.05) is 16.2 Å². The highest BCUT2D eigenvalue weighted by molar-refractivity contribution is 14.1. The van der Waals surface area contributed by atoms with Gasteiger partial charge in [0.05, 0.1) is 19.1 Å². The van der Waals surface area contributed by atoms with Crippen molar-refractivity contribution in [2.75, 3.05) is 24.2 Å². The molecule has 196 valence electrons. The molecule has 0 saturated heterocycles. The van der Waals surface area contributed by atoms with E-state index in [1.165, 1.54) is 11.3 Å². The van der Waals surface area contributed by atoms with Gasteiger partial charge in [-0.2, -0.15) is 0 Å². The fourth-order valence-electron chi connectivity index (χ4n) is 4.30. The van der Waals surface area contributed by atoms with Gasteiger partial charge in [0.1, 0.15) is 18.3 Å². The van der Waals surface area contributed by atoms with Gasteiger partial charge in [-0.25, -0.2) is 8.42 Å². The van der Waals surface area contributed by atoms with Crippen molar-refractivity contribution in [3.05, 3.63) is 57.7 Å². The van der Waals surface area contributed by atoms with E-state index in [9.17, 15) is 18.0 Å². The number of benzene rings is 2. The molecule has 2 aromatic rings. The Morgan fingerprint density at radius 3 is 2.22 bits per heavy atom. The van der Waals surface area contributed by atoms with Gasteiger partial charge in [0.25, 0.3) is 0 Å². The Labute approximate surface area is 227 Å². The van der Waals surface area contributed by atoms with Gasteiger partial charge < -0.3 is 15.0 Å². The number of carbonyl (C=O) groups is 2. The lowest BCUT2D eigenvalue weighted by Crippen LogP contribution is -2.52. The fraction of sp³-hybridized carbons (Fsp3) is 0.462. The molecule has 8 nitrogen and oxygen atoms in total. The Bertz CT molecular complexity index is 1130. The molecule has 1 fully saturated rings. The van der Waals surface area contributed by atoms with Gasteiger partial charge in [-0.1, -0.05) is 31.4 Å². The van der Waals surface area contributed by atoms with E-state index in [2.05, 4.69) is 27.9 Å². The maximum absolute atomic E-state index is 13.6. The zero-order valence-electron chi connectivity index (χ0n) is 20.9. The topological polar surface area (TPSA) is 96.0 Å². The number of amides is 2. The molecule has 3 rings (SSSR count). The van der Waals surface area contributed by atoms with Crippen LogP contribution in [-0.2, 0) is 26.2 Å².